The minimum Gasteiger partial charge on any atom is -0.312 e. The van der Waals surface area contributed by atoms with Crippen molar-refractivity contribution in [3.05, 3.63) is 0 Å². The summed E-state index contributed by atoms with van der Waals surface area (Å²) in [6, 6.07) is 0.802. The molecule has 1 N–H and O–H groups in total. The van der Waals surface area contributed by atoms with Crippen molar-refractivity contribution < 1.29 is 0 Å². The zero-order valence-electron chi connectivity index (χ0n) is 9.63. The van der Waals surface area contributed by atoms with Gasteiger partial charge in [0.05, 0.1) is 0 Å². The SMILES string of the molecule is CC(C)CN1CCCNC(C2CC2)C1. The van der Waals surface area contributed by atoms with Crippen molar-refractivity contribution in [2.75, 3.05) is 26.2 Å². The average Bonchev–Trinajstić information content (AvgIpc) is 2.86. The molecule has 2 heteroatoms. The van der Waals surface area contributed by atoms with E-state index in [0.29, 0.717) is 0 Å². The highest BCUT2D eigenvalue weighted by Crippen LogP contribution is 2.33. The van der Waals surface area contributed by atoms with Crippen LogP contribution in [0.3, 0.4) is 0 Å². The van der Waals surface area contributed by atoms with Crippen LogP contribution in [-0.2, 0) is 0 Å². The first kappa shape index (κ1) is 10.4. The van der Waals surface area contributed by atoms with Gasteiger partial charge in [0.25, 0.3) is 0 Å². The fourth-order valence-corrected chi connectivity index (χ4v) is 2.52. The molecule has 1 aliphatic carbocycles. The molecule has 14 heavy (non-hydrogen) atoms. The molecule has 0 spiro atoms. The molecule has 0 amide bonds. The molecule has 1 aliphatic heterocycles. The Kier molecular flexibility index (Phi) is 3.45. The highest BCUT2D eigenvalue weighted by atomic mass is 15.2. The van der Waals surface area contributed by atoms with Gasteiger partial charge in [0.15, 0.2) is 0 Å². The Labute approximate surface area is 88.1 Å². The summed E-state index contributed by atoms with van der Waals surface area (Å²) in [5.41, 5.74) is 0. The molecule has 0 bridgehead atoms. The highest BCUT2D eigenvalue weighted by Gasteiger charge is 2.32. The molecular weight excluding hydrogens is 172 g/mol. The van der Waals surface area contributed by atoms with Crippen LogP contribution in [0.25, 0.3) is 0 Å². The van der Waals surface area contributed by atoms with Crippen molar-refractivity contribution in [2.45, 2.75) is 39.2 Å². The number of nitrogens with one attached hydrogen (secondary N) is 1. The lowest BCUT2D eigenvalue weighted by Crippen LogP contribution is -2.40. The Bertz CT molecular complexity index is 175. The second kappa shape index (κ2) is 4.63. The van der Waals surface area contributed by atoms with Gasteiger partial charge < -0.3 is 10.2 Å². The largest absolute Gasteiger partial charge is 0.312 e. The maximum atomic E-state index is 3.71. The number of rotatable bonds is 3. The van der Waals surface area contributed by atoms with Crippen molar-refractivity contribution in [3.63, 3.8) is 0 Å². The van der Waals surface area contributed by atoms with Crippen molar-refractivity contribution in [2.24, 2.45) is 11.8 Å². The maximum Gasteiger partial charge on any atom is 0.0223 e. The van der Waals surface area contributed by atoms with E-state index in [1.807, 2.05) is 0 Å². The van der Waals surface area contributed by atoms with Gasteiger partial charge in [-0.25, -0.2) is 0 Å². The summed E-state index contributed by atoms with van der Waals surface area (Å²) in [6.45, 7) is 9.76. The Balaban J connectivity index is 1.83. The van der Waals surface area contributed by atoms with Crippen LogP contribution in [-0.4, -0.2) is 37.1 Å². The van der Waals surface area contributed by atoms with Crippen molar-refractivity contribution in [1.29, 1.82) is 0 Å². The standard InChI is InChI=1S/C12H24N2/c1-10(2)8-14-7-3-6-13-12(9-14)11-4-5-11/h10-13H,3-9H2,1-2H3. The highest BCUT2D eigenvalue weighted by molar-refractivity contribution is 4.90. The molecule has 82 valence electrons. The van der Waals surface area contributed by atoms with Crippen molar-refractivity contribution >= 4 is 0 Å². The van der Waals surface area contributed by atoms with Gasteiger partial charge in [-0.15, -0.1) is 0 Å². The topological polar surface area (TPSA) is 15.3 Å². The first-order valence-electron chi connectivity index (χ1n) is 6.21. The van der Waals surface area contributed by atoms with Crippen LogP contribution < -0.4 is 5.32 Å². The van der Waals surface area contributed by atoms with Gasteiger partial charge in [-0.1, -0.05) is 13.8 Å². The van der Waals surface area contributed by atoms with E-state index in [-0.39, 0.29) is 0 Å². The molecular formula is C12H24N2. The van der Waals surface area contributed by atoms with Crippen LogP contribution in [0, 0.1) is 11.8 Å². The third kappa shape index (κ3) is 2.96. The molecule has 0 aromatic carbocycles. The second-order valence-electron chi connectivity index (χ2n) is 5.41. The molecule has 2 aliphatic rings. The van der Waals surface area contributed by atoms with E-state index in [0.717, 1.165) is 17.9 Å². The van der Waals surface area contributed by atoms with Crippen LogP contribution in [0.4, 0.5) is 0 Å². The number of nitrogens with zero attached hydrogens (tertiary/aromatic N) is 1. The molecule has 2 nitrogen and oxygen atoms in total. The first-order valence-corrected chi connectivity index (χ1v) is 6.21. The Morgan fingerprint density at radius 2 is 2.14 bits per heavy atom. The van der Waals surface area contributed by atoms with E-state index in [1.54, 1.807) is 0 Å². The summed E-state index contributed by atoms with van der Waals surface area (Å²) in [4.78, 5) is 2.66. The van der Waals surface area contributed by atoms with E-state index in [2.05, 4.69) is 24.1 Å². The maximum absolute atomic E-state index is 3.71. The van der Waals surface area contributed by atoms with E-state index in [9.17, 15) is 0 Å². The minimum atomic E-state index is 0.802. The lowest BCUT2D eigenvalue weighted by atomic mass is 10.1. The van der Waals surface area contributed by atoms with Gasteiger partial charge >= 0.3 is 0 Å². The van der Waals surface area contributed by atoms with Gasteiger partial charge in [0.2, 0.25) is 0 Å². The van der Waals surface area contributed by atoms with Crippen LogP contribution in [0.1, 0.15) is 33.1 Å². The summed E-state index contributed by atoms with van der Waals surface area (Å²) in [5, 5.41) is 3.71. The predicted octanol–water partition coefficient (Wildman–Crippen LogP) is 1.72. The fraction of sp³-hybridized carbons (Fsp3) is 1.00. The molecule has 1 heterocycles. The normalized spacial score (nSPS) is 30.6. The van der Waals surface area contributed by atoms with Crippen LogP contribution in [0.15, 0.2) is 0 Å². The van der Waals surface area contributed by atoms with Gasteiger partial charge in [-0.05, 0) is 44.2 Å². The van der Waals surface area contributed by atoms with Gasteiger partial charge in [0, 0.05) is 19.1 Å². The van der Waals surface area contributed by atoms with E-state index in [4.69, 9.17) is 0 Å². The van der Waals surface area contributed by atoms with Crippen LogP contribution in [0.5, 0.6) is 0 Å². The zero-order valence-corrected chi connectivity index (χ0v) is 9.63. The molecule has 0 radical (unpaired) electrons. The summed E-state index contributed by atoms with van der Waals surface area (Å²) < 4.78 is 0. The van der Waals surface area contributed by atoms with Gasteiger partial charge in [-0.2, -0.15) is 0 Å². The minimum absolute atomic E-state index is 0.802. The number of hydrogen-bond acceptors (Lipinski definition) is 2. The predicted molar refractivity (Wildman–Crippen MR) is 60.4 cm³/mol. The Morgan fingerprint density at radius 3 is 2.79 bits per heavy atom. The van der Waals surface area contributed by atoms with E-state index < -0.39 is 0 Å². The lowest BCUT2D eigenvalue weighted by molar-refractivity contribution is 0.232. The van der Waals surface area contributed by atoms with Crippen LogP contribution in [0.2, 0.25) is 0 Å². The summed E-state index contributed by atoms with van der Waals surface area (Å²) in [6.07, 6.45) is 4.26. The Hall–Kier alpha value is -0.0800. The second-order valence-corrected chi connectivity index (χ2v) is 5.41. The molecule has 1 saturated carbocycles. The molecule has 0 aromatic heterocycles. The summed E-state index contributed by atoms with van der Waals surface area (Å²) >= 11 is 0. The molecule has 1 unspecified atom stereocenters. The molecule has 2 rings (SSSR count). The van der Waals surface area contributed by atoms with Gasteiger partial charge in [-0.3, -0.25) is 0 Å². The molecule has 2 fully saturated rings. The zero-order chi connectivity index (χ0) is 9.97. The average molecular weight is 196 g/mol. The summed E-state index contributed by atoms with van der Waals surface area (Å²) in [7, 11) is 0. The van der Waals surface area contributed by atoms with E-state index >= 15 is 0 Å². The van der Waals surface area contributed by atoms with Crippen molar-refractivity contribution in [1.82, 2.24) is 10.2 Å². The van der Waals surface area contributed by atoms with Crippen molar-refractivity contribution in [3.8, 4) is 0 Å². The Morgan fingerprint density at radius 1 is 1.36 bits per heavy atom. The fourth-order valence-electron chi connectivity index (χ4n) is 2.52. The monoisotopic (exact) mass is 196 g/mol. The third-order valence-corrected chi connectivity index (χ3v) is 3.33. The number of hydrogen-bond donors (Lipinski definition) is 1. The van der Waals surface area contributed by atoms with E-state index in [1.165, 1.54) is 45.4 Å². The molecule has 1 saturated heterocycles. The molecule has 0 aromatic rings. The summed E-state index contributed by atoms with van der Waals surface area (Å²) in [5.74, 6) is 1.82. The first-order chi connectivity index (χ1) is 6.75. The van der Waals surface area contributed by atoms with Crippen LogP contribution >= 0.6 is 0 Å². The van der Waals surface area contributed by atoms with Gasteiger partial charge in [0.1, 0.15) is 0 Å². The lowest BCUT2D eigenvalue weighted by Gasteiger charge is -2.25. The molecule has 1 atom stereocenters. The third-order valence-electron chi connectivity index (χ3n) is 3.33. The quantitative estimate of drug-likeness (QED) is 0.739. The smallest absolute Gasteiger partial charge is 0.0223 e.